The third-order valence-electron chi connectivity index (χ3n) is 3.93. The molecule has 27 heavy (non-hydrogen) atoms. The number of benzene rings is 2. The van der Waals surface area contributed by atoms with E-state index in [9.17, 15) is 12.8 Å². The highest BCUT2D eigenvalue weighted by molar-refractivity contribution is 7.92. The molecule has 8 heteroatoms. The lowest BCUT2D eigenvalue weighted by Crippen LogP contribution is -2.14. The van der Waals surface area contributed by atoms with Crippen LogP contribution >= 0.6 is 0 Å². The van der Waals surface area contributed by atoms with Crippen LogP contribution in [0.1, 0.15) is 5.56 Å². The Morgan fingerprint density at radius 3 is 2.67 bits per heavy atom. The van der Waals surface area contributed by atoms with Crippen LogP contribution in [0, 0.1) is 12.7 Å². The molecule has 1 N–H and O–H groups in total. The van der Waals surface area contributed by atoms with E-state index < -0.39 is 15.8 Å². The van der Waals surface area contributed by atoms with Gasteiger partial charge in [-0.15, -0.1) is 0 Å². The van der Waals surface area contributed by atoms with Gasteiger partial charge in [0.15, 0.2) is 0 Å². The van der Waals surface area contributed by atoms with Crippen molar-refractivity contribution in [1.29, 1.82) is 0 Å². The van der Waals surface area contributed by atoms with Crippen LogP contribution < -0.4 is 9.46 Å². The molecule has 0 spiro atoms. The van der Waals surface area contributed by atoms with Gasteiger partial charge in [0.05, 0.1) is 17.8 Å². The van der Waals surface area contributed by atoms with Gasteiger partial charge < -0.3 is 9.47 Å². The van der Waals surface area contributed by atoms with Crippen LogP contribution in [0.15, 0.2) is 53.6 Å². The monoisotopic (exact) mass is 390 g/mol. The van der Waals surface area contributed by atoms with Crippen molar-refractivity contribution in [2.45, 2.75) is 11.8 Å². The second kappa shape index (κ2) is 7.89. The normalized spacial score (nSPS) is 11.5. The minimum Gasteiger partial charge on any atom is -0.491 e. The number of rotatable bonds is 7. The number of ether oxygens (including phenoxy) is 2. The van der Waals surface area contributed by atoms with E-state index in [-0.39, 0.29) is 4.90 Å². The fraction of sp³-hybridized carbons (Fsp3) is 0.211. The maximum absolute atomic E-state index is 13.4. The average molecular weight is 390 g/mol. The number of hydrogen-bond acceptors (Lipinski definition) is 5. The van der Waals surface area contributed by atoms with Crippen LogP contribution in [-0.2, 0) is 14.8 Å². The number of halogens is 1. The Labute approximate surface area is 157 Å². The van der Waals surface area contributed by atoms with Gasteiger partial charge in [0.25, 0.3) is 10.0 Å². The predicted octanol–water partition coefficient (Wildman–Crippen LogP) is 3.51. The summed E-state index contributed by atoms with van der Waals surface area (Å²) in [6.07, 6.45) is 1.25. The number of hydrogen-bond donors (Lipinski definition) is 1. The molecule has 2 aromatic carbocycles. The molecule has 3 rings (SSSR count). The number of aromatic nitrogens is 1. The quantitative estimate of drug-likeness (QED) is 0.625. The molecule has 0 radical (unpaired) electrons. The second-order valence-electron chi connectivity index (χ2n) is 5.93. The smallest absolute Gasteiger partial charge is 0.263 e. The van der Waals surface area contributed by atoms with Gasteiger partial charge in [-0.05, 0) is 55.0 Å². The number of fused-ring (bicyclic) bond motifs is 1. The highest BCUT2D eigenvalue weighted by atomic mass is 32.2. The van der Waals surface area contributed by atoms with Gasteiger partial charge in [0.1, 0.15) is 23.1 Å². The molecule has 0 atom stereocenters. The maximum atomic E-state index is 13.4. The average Bonchev–Trinajstić information content (AvgIpc) is 2.63. The Kier molecular flexibility index (Phi) is 5.57. The first-order valence-corrected chi connectivity index (χ1v) is 9.68. The summed E-state index contributed by atoms with van der Waals surface area (Å²) in [7, 11) is -2.28. The highest BCUT2D eigenvalue weighted by Gasteiger charge is 2.17. The molecule has 0 saturated heterocycles. The van der Waals surface area contributed by atoms with Crippen LogP contribution in [-0.4, -0.2) is 33.7 Å². The largest absolute Gasteiger partial charge is 0.491 e. The van der Waals surface area contributed by atoms with Gasteiger partial charge >= 0.3 is 0 Å². The number of nitrogens with zero attached hydrogens (tertiary/aromatic N) is 1. The van der Waals surface area contributed by atoms with Crippen LogP contribution in [0.5, 0.6) is 5.75 Å². The molecule has 1 aromatic heterocycles. The van der Waals surface area contributed by atoms with Crippen molar-refractivity contribution in [3.8, 4) is 5.75 Å². The fourth-order valence-electron chi connectivity index (χ4n) is 2.52. The Bertz CT molecular complexity index is 1070. The molecule has 0 fully saturated rings. The molecule has 0 aliphatic rings. The zero-order valence-electron chi connectivity index (χ0n) is 14.9. The summed E-state index contributed by atoms with van der Waals surface area (Å²) in [5.74, 6) is 0.169. The molecule has 0 amide bonds. The zero-order valence-corrected chi connectivity index (χ0v) is 15.7. The molecular formula is C19H19FN2O4S. The highest BCUT2D eigenvalue weighted by Crippen LogP contribution is 2.25. The van der Waals surface area contributed by atoms with Crippen LogP contribution in [0.2, 0.25) is 0 Å². The van der Waals surface area contributed by atoms with E-state index in [0.717, 1.165) is 0 Å². The van der Waals surface area contributed by atoms with Gasteiger partial charge in [-0.1, -0.05) is 0 Å². The van der Waals surface area contributed by atoms with Crippen LogP contribution in [0.25, 0.3) is 10.9 Å². The number of pyridine rings is 1. The Hall–Kier alpha value is -2.71. The van der Waals surface area contributed by atoms with Crippen molar-refractivity contribution < 1.29 is 22.3 Å². The summed E-state index contributed by atoms with van der Waals surface area (Å²) in [5.41, 5.74) is 1.64. The van der Waals surface area contributed by atoms with Gasteiger partial charge in [-0.3, -0.25) is 9.71 Å². The van der Waals surface area contributed by atoms with Crippen molar-refractivity contribution in [3.63, 3.8) is 0 Å². The summed E-state index contributed by atoms with van der Waals surface area (Å²) in [5, 5.41) is 0.413. The van der Waals surface area contributed by atoms with Crippen LogP contribution in [0.3, 0.4) is 0 Å². The molecule has 0 saturated carbocycles. The van der Waals surface area contributed by atoms with Crippen LogP contribution in [0.4, 0.5) is 10.1 Å². The molecule has 0 aliphatic carbocycles. The lowest BCUT2D eigenvalue weighted by Gasteiger charge is -2.13. The second-order valence-corrected chi connectivity index (χ2v) is 7.61. The van der Waals surface area contributed by atoms with E-state index in [1.165, 1.54) is 30.5 Å². The summed E-state index contributed by atoms with van der Waals surface area (Å²) < 4.78 is 51.7. The predicted molar refractivity (Wildman–Crippen MR) is 101 cm³/mol. The zero-order chi connectivity index (χ0) is 19.4. The minimum atomic E-state index is -3.87. The van der Waals surface area contributed by atoms with Crippen molar-refractivity contribution in [2.75, 3.05) is 25.0 Å². The summed E-state index contributed by atoms with van der Waals surface area (Å²) in [4.78, 5) is 4.05. The van der Waals surface area contributed by atoms with E-state index >= 15 is 0 Å². The van der Waals surface area contributed by atoms with Crippen molar-refractivity contribution >= 4 is 26.6 Å². The Morgan fingerprint density at radius 2 is 1.93 bits per heavy atom. The topological polar surface area (TPSA) is 77.5 Å². The third kappa shape index (κ3) is 4.53. The van der Waals surface area contributed by atoms with Gasteiger partial charge in [-0.25, -0.2) is 12.8 Å². The van der Waals surface area contributed by atoms with Crippen molar-refractivity contribution in [2.24, 2.45) is 0 Å². The molecule has 0 unspecified atom stereocenters. The first-order chi connectivity index (χ1) is 12.9. The molecule has 0 bridgehead atoms. The van der Waals surface area contributed by atoms with E-state index in [0.29, 0.717) is 41.1 Å². The number of sulfonamides is 1. The fourth-order valence-corrected chi connectivity index (χ4v) is 3.63. The Balaban J connectivity index is 1.84. The lowest BCUT2D eigenvalue weighted by atomic mass is 10.2. The van der Waals surface area contributed by atoms with Crippen molar-refractivity contribution in [1.82, 2.24) is 4.98 Å². The SMILES string of the molecule is COCCOc1ccc(NS(=O)(=O)c2cnc3ccc(F)cc3c2)c(C)c1. The third-order valence-corrected chi connectivity index (χ3v) is 5.26. The Morgan fingerprint density at radius 1 is 1.11 bits per heavy atom. The molecule has 3 aromatic rings. The summed E-state index contributed by atoms with van der Waals surface area (Å²) >= 11 is 0. The molecule has 0 aliphatic heterocycles. The summed E-state index contributed by atoms with van der Waals surface area (Å²) in [6.45, 7) is 2.64. The number of nitrogens with one attached hydrogen (secondary N) is 1. The molecular weight excluding hydrogens is 371 g/mol. The number of anilines is 1. The first-order valence-electron chi connectivity index (χ1n) is 8.19. The van der Waals surface area contributed by atoms with Gasteiger partial charge in [0.2, 0.25) is 0 Å². The van der Waals surface area contributed by atoms with Gasteiger partial charge in [0, 0.05) is 18.7 Å². The van der Waals surface area contributed by atoms with E-state index in [4.69, 9.17) is 9.47 Å². The van der Waals surface area contributed by atoms with Crippen molar-refractivity contribution in [3.05, 3.63) is 60.0 Å². The van der Waals surface area contributed by atoms with E-state index in [1.54, 1.807) is 32.2 Å². The van der Waals surface area contributed by atoms with E-state index in [2.05, 4.69) is 9.71 Å². The van der Waals surface area contributed by atoms with Gasteiger partial charge in [-0.2, -0.15) is 0 Å². The first kappa shape index (κ1) is 19.1. The number of methoxy groups -OCH3 is 1. The van der Waals surface area contributed by atoms with E-state index in [1.807, 2.05) is 0 Å². The standard InChI is InChI=1S/C19H19FN2O4S/c1-13-9-16(26-8-7-25-2)4-6-18(13)22-27(23,24)17-11-14-10-15(20)3-5-19(14)21-12-17/h3-6,9-12,22H,7-8H2,1-2H3. The molecule has 6 nitrogen and oxygen atoms in total. The summed E-state index contributed by atoms with van der Waals surface area (Å²) in [6, 6.07) is 10.5. The molecule has 142 valence electrons. The minimum absolute atomic E-state index is 0.0413. The maximum Gasteiger partial charge on any atom is 0.263 e. The number of aryl methyl sites for hydroxylation is 1. The lowest BCUT2D eigenvalue weighted by molar-refractivity contribution is 0.146. The molecule has 1 heterocycles.